The maximum Gasteiger partial charge on any atom is 0.226 e. The Morgan fingerprint density at radius 3 is 3.05 bits per heavy atom. The summed E-state index contributed by atoms with van der Waals surface area (Å²) in [4.78, 5) is 16.2. The smallest absolute Gasteiger partial charge is 0.226 e. The second kappa shape index (κ2) is 6.12. The third-order valence-electron chi connectivity index (χ3n) is 2.85. The lowest BCUT2D eigenvalue weighted by molar-refractivity contribution is -0.116. The molecule has 1 aromatic heterocycles. The summed E-state index contributed by atoms with van der Waals surface area (Å²) in [5.41, 5.74) is 7.79. The molecule has 0 aliphatic carbocycles. The van der Waals surface area contributed by atoms with Crippen molar-refractivity contribution in [2.45, 2.75) is 39.2 Å². The topological polar surface area (TPSA) is 68.0 Å². The van der Waals surface area contributed by atoms with Crippen molar-refractivity contribution in [3.63, 3.8) is 0 Å². The van der Waals surface area contributed by atoms with Gasteiger partial charge in [-0.05, 0) is 44.4 Å². The molecular weight excluding hydrogens is 258 g/mol. The number of fused-ring (bicyclic) bond motifs is 1. The summed E-state index contributed by atoms with van der Waals surface area (Å²) in [6.07, 6.45) is 2.18. The monoisotopic (exact) mass is 277 g/mol. The van der Waals surface area contributed by atoms with E-state index in [0.717, 1.165) is 23.1 Å². The highest BCUT2D eigenvalue weighted by atomic mass is 32.1. The molecule has 0 spiro atoms. The Balaban J connectivity index is 1.95. The van der Waals surface area contributed by atoms with E-state index in [1.165, 1.54) is 16.9 Å². The van der Waals surface area contributed by atoms with Crippen LogP contribution in [0.3, 0.4) is 0 Å². The van der Waals surface area contributed by atoms with Gasteiger partial charge in [0.15, 0.2) is 5.13 Å². The number of nitrogens with two attached hydrogens (primary N) is 1. The van der Waals surface area contributed by atoms with Crippen molar-refractivity contribution in [2.24, 2.45) is 5.73 Å². The fourth-order valence-electron chi connectivity index (χ4n) is 1.85. The molecule has 0 radical (unpaired) electrons. The van der Waals surface area contributed by atoms with E-state index in [-0.39, 0.29) is 11.9 Å². The summed E-state index contributed by atoms with van der Waals surface area (Å²) in [6, 6.07) is 6.24. The predicted octanol–water partition coefficient (Wildman–Crippen LogP) is 3.06. The Bertz CT molecular complexity index is 577. The zero-order valence-corrected chi connectivity index (χ0v) is 12.1. The molecule has 19 heavy (non-hydrogen) atoms. The molecule has 0 fully saturated rings. The highest BCUT2D eigenvalue weighted by Gasteiger charge is 2.08. The maximum atomic E-state index is 11.8. The van der Waals surface area contributed by atoms with Crippen LogP contribution in [0, 0.1) is 6.92 Å². The second-order valence-electron chi connectivity index (χ2n) is 4.91. The summed E-state index contributed by atoms with van der Waals surface area (Å²) in [7, 11) is 0. The lowest BCUT2D eigenvalue weighted by atomic mass is 10.1. The lowest BCUT2D eigenvalue weighted by Crippen LogP contribution is -2.16. The van der Waals surface area contributed by atoms with Crippen molar-refractivity contribution in [2.75, 3.05) is 5.32 Å². The number of benzene rings is 1. The standard InChI is InChI=1S/C14H19N3OS/c1-9-6-7-11-12(8-9)19-14(16-11)17-13(18)5-3-4-10(2)15/h6-8,10H,3-5,15H2,1-2H3,(H,16,17,18). The Morgan fingerprint density at radius 1 is 1.53 bits per heavy atom. The molecule has 5 heteroatoms. The normalized spacial score (nSPS) is 12.6. The number of carbonyl (C=O) groups is 1. The molecule has 3 N–H and O–H groups in total. The number of aryl methyl sites for hydroxylation is 1. The minimum Gasteiger partial charge on any atom is -0.328 e. The van der Waals surface area contributed by atoms with Gasteiger partial charge in [0.25, 0.3) is 0 Å². The van der Waals surface area contributed by atoms with Gasteiger partial charge < -0.3 is 11.1 Å². The third kappa shape index (κ3) is 4.01. The van der Waals surface area contributed by atoms with E-state index < -0.39 is 0 Å². The first-order valence-corrected chi connectivity index (χ1v) is 7.29. The van der Waals surface area contributed by atoms with E-state index in [9.17, 15) is 4.79 Å². The number of aromatic nitrogens is 1. The van der Waals surface area contributed by atoms with E-state index in [1.807, 2.05) is 26.0 Å². The highest BCUT2D eigenvalue weighted by Crippen LogP contribution is 2.26. The number of anilines is 1. The average molecular weight is 277 g/mol. The zero-order chi connectivity index (χ0) is 13.8. The molecule has 0 aliphatic rings. The van der Waals surface area contributed by atoms with Crippen LogP contribution in [0.5, 0.6) is 0 Å². The Kier molecular flexibility index (Phi) is 4.50. The number of nitrogens with one attached hydrogen (secondary N) is 1. The zero-order valence-electron chi connectivity index (χ0n) is 11.3. The summed E-state index contributed by atoms with van der Waals surface area (Å²) in [5.74, 6) is 0.0106. The van der Waals surface area contributed by atoms with Crippen molar-refractivity contribution in [1.82, 2.24) is 4.98 Å². The van der Waals surface area contributed by atoms with Gasteiger partial charge in [-0.1, -0.05) is 17.4 Å². The third-order valence-corrected chi connectivity index (χ3v) is 3.79. The summed E-state index contributed by atoms with van der Waals surface area (Å²) in [6.45, 7) is 4.00. The number of thiazole rings is 1. The molecule has 0 saturated heterocycles. The van der Waals surface area contributed by atoms with Gasteiger partial charge in [0.1, 0.15) is 0 Å². The van der Waals surface area contributed by atoms with E-state index in [4.69, 9.17) is 5.73 Å². The summed E-state index contributed by atoms with van der Waals surface area (Å²) in [5, 5.41) is 3.52. The summed E-state index contributed by atoms with van der Waals surface area (Å²) < 4.78 is 1.10. The number of amides is 1. The largest absolute Gasteiger partial charge is 0.328 e. The van der Waals surface area contributed by atoms with Gasteiger partial charge in [0.2, 0.25) is 5.91 Å². The van der Waals surface area contributed by atoms with Gasteiger partial charge in [-0.25, -0.2) is 4.98 Å². The lowest BCUT2D eigenvalue weighted by Gasteiger charge is -2.04. The van der Waals surface area contributed by atoms with Gasteiger partial charge in [-0.2, -0.15) is 0 Å². The molecule has 0 bridgehead atoms. The van der Waals surface area contributed by atoms with E-state index in [1.54, 1.807) is 0 Å². The van der Waals surface area contributed by atoms with Crippen molar-refractivity contribution in [1.29, 1.82) is 0 Å². The Labute approximate surface area is 117 Å². The number of carbonyl (C=O) groups excluding carboxylic acids is 1. The van der Waals surface area contributed by atoms with Crippen LogP contribution in [0.1, 0.15) is 31.7 Å². The van der Waals surface area contributed by atoms with Crippen LogP contribution in [0.4, 0.5) is 5.13 Å². The number of hydrogen-bond acceptors (Lipinski definition) is 4. The minimum absolute atomic E-state index is 0.0106. The van der Waals surface area contributed by atoms with Gasteiger partial charge in [0, 0.05) is 12.5 Å². The van der Waals surface area contributed by atoms with Crippen LogP contribution in [0.25, 0.3) is 10.2 Å². The number of rotatable bonds is 5. The van der Waals surface area contributed by atoms with Crippen LogP contribution in [-0.2, 0) is 4.79 Å². The Morgan fingerprint density at radius 2 is 2.32 bits per heavy atom. The van der Waals surface area contributed by atoms with Gasteiger partial charge in [0.05, 0.1) is 10.2 Å². The van der Waals surface area contributed by atoms with Gasteiger partial charge >= 0.3 is 0 Å². The quantitative estimate of drug-likeness (QED) is 0.882. The minimum atomic E-state index is 0.0106. The van der Waals surface area contributed by atoms with Crippen LogP contribution in [-0.4, -0.2) is 16.9 Å². The predicted molar refractivity (Wildman–Crippen MR) is 80.5 cm³/mol. The molecule has 2 rings (SSSR count). The first kappa shape index (κ1) is 14.0. The van der Waals surface area contributed by atoms with Crippen molar-refractivity contribution in [3.8, 4) is 0 Å². The molecule has 1 heterocycles. The fraction of sp³-hybridized carbons (Fsp3) is 0.429. The maximum absolute atomic E-state index is 11.8. The first-order chi connectivity index (χ1) is 9.04. The molecule has 1 unspecified atom stereocenters. The molecule has 1 atom stereocenters. The second-order valence-corrected chi connectivity index (χ2v) is 5.94. The van der Waals surface area contributed by atoms with Crippen LogP contribution < -0.4 is 11.1 Å². The SMILES string of the molecule is Cc1ccc2nc(NC(=O)CCCC(C)N)sc2c1. The molecule has 0 saturated carbocycles. The summed E-state index contributed by atoms with van der Waals surface area (Å²) >= 11 is 1.51. The molecule has 1 aromatic carbocycles. The fourth-order valence-corrected chi connectivity index (χ4v) is 2.83. The molecular formula is C14H19N3OS. The molecule has 1 amide bonds. The van der Waals surface area contributed by atoms with Crippen molar-refractivity contribution < 1.29 is 4.79 Å². The van der Waals surface area contributed by atoms with Crippen molar-refractivity contribution in [3.05, 3.63) is 23.8 Å². The van der Waals surface area contributed by atoms with Gasteiger partial charge in [-0.3, -0.25) is 4.79 Å². The number of nitrogens with zero attached hydrogens (tertiary/aromatic N) is 1. The highest BCUT2D eigenvalue weighted by molar-refractivity contribution is 7.22. The van der Waals surface area contributed by atoms with Crippen LogP contribution in [0.2, 0.25) is 0 Å². The van der Waals surface area contributed by atoms with E-state index in [0.29, 0.717) is 11.6 Å². The van der Waals surface area contributed by atoms with E-state index >= 15 is 0 Å². The molecule has 4 nitrogen and oxygen atoms in total. The number of hydrogen-bond donors (Lipinski definition) is 2. The van der Waals surface area contributed by atoms with Gasteiger partial charge in [-0.15, -0.1) is 0 Å². The molecule has 102 valence electrons. The van der Waals surface area contributed by atoms with Crippen molar-refractivity contribution >= 4 is 32.6 Å². The van der Waals surface area contributed by atoms with Crippen LogP contribution in [0.15, 0.2) is 18.2 Å². The van der Waals surface area contributed by atoms with E-state index in [2.05, 4.69) is 16.4 Å². The Hall–Kier alpha value is -1.46. The molecule has 2 aromatic rings. The van der Waals surface area contributed by atoms with Crippen LogP contribution >= 0.6 is 11.3 Å². The molecule has 0 aliphatic heterocycles. The average Bonchev–Trinajstić information content (AvgIpc) is 2.69. The first-order valence-electron chi connectivity index (χ1n) is 6.47.